The Morgan fingerprint density at radius 2 is 1.78 bits per heavy atom. The van der Waals surface area contributed by atoms with Crippen molar-refractivity contribution >= 4 is 0 Å². The molecule has 108 valence electrons. The number of hydrogen-bond acceptors (Lipinski definition) is 3. The predicted octanol–water partition coefficient (Wildman–Crippen LogP) is 1.80. The minimum absolute atomic E-state index is 0.398. The van der Waals surface area contributed by atoms with Gasteiger partial charge < -0.3 is 15.5 Å². The summed E-state index contributed by atoms with van der Waals surface area (Å²) in [7, 11) is 0. The van der Waals surface area contributed by atoms with Crippen LogP contribution in [0.2, 0.25) is 0 Å². The summed E-state index contributed by atoms with van der Waals surface area (Å²) in [5.41, 5.74) is 0.398. The van der Waals surface area contributed by atoms with Crippen molar-refractivity contribution in [3.63, 3.8) is 0 Å². The van der Waals surface area contributed by atoms with Crippen LogP contribution in [0.1, 0.15) is 34.6 Å². The Kier molecular flexibility index (Phi) is 6.61. The molecule has 2 N–H and O–H groups in total. The first-order valence-electron chi connectivity index (χ1n) is 7.55. The number of nitrogens with zero attached hydrogens (tertiary/aromatic N) is 1. The standard InChI is InChI=1S/C15H33N3/c1-13(2)15(4,5)12-17-10-14(3)11-18-8-6-16-7-9-18/h13-14,16-17H,6-12H2,1-5H3. The molecular formula is C15H33N3. The van der Waals surface area contributed by atoms with Crippen molar-refractivity contribution in [2.45, 2.75) is 34.6 Å². The van der Waals surface area contributed by atoms with Crippen molar-refractivity contribution in [1.29, 1.82) is 0 Å². The molecule has 0 aromatic carbocycles. The average molecular weight is 255 g/mol. The molecule has 1 saturated heterocycles. The Morgan fingerprint density at radius 1 is 1.17 bits per heavy atom. The van der Waals surface area contributed by atoms with E-state index in [1.54, 1.807) is 0 Å². The normalized spacial score (nSPS) is 20.3. The van der Waals surface area contributed by atoms with Crippen molar-refractivity contribution in [3.05, 3.63) is 0 Å². The summed E-state index contributed by atoms with van der Waals surface area (Å²) in [4.78, 5) is 2.58. The Balaban J connectivity index is 2.14. The summed E-state index contributed by atoms with van der Waals surface area (Å²) in [5, 5.41) is 7.06. The van der Waals surface area contributed by atoms with Gasteiger partial charge in [0, 0.05) is 39.3 Å². The topological polar surface area (TPSA) is 27.3 Å². The van der Waals surface area contributed by atoms with E-state index in [1.165, 1.54) is 19.6 Å². The van der Waals surface area contributed by atoms with Crippen molar-refractivity contribution in [2.75, 3.05) is 45.8 Å². The summed E-state index contributed by atoms with van der Waals surface area (Å²) < 4.78 is 0. The molecule has 1 aliphatic heterocycles. The minimum atomic E-state index is 0.398. The molecule has 0 bridgehead atoms. The number of hydrogen-bond donors (Lipinski definition) is 2. The molecule has 0 saturated carbocycles. The maximum atomic E-state index is 3.65. The lowest BCUT2D eigenvalue weighted by molar-refractivity contribution is 0.198. The van der Waals surface area contributed by atoms with Gasteiger partial charge in [0.1, 0.15) is 0 Å². The second-order valence-corrected chi connectivity index (χ2v) is 6.93. The van der Waals surface area contributed by atoms with E-state index in [9.17, 15) is 0 Å². The van der Waals surface area contributed by atoms with Gasteiger partial charge in [-0.1, -0.05) is 34.6 Å². The van der Waals surface area contributed by atoms with Crippen LogP contribution in [0, 0.1) is 17.3 Å². The quantitative estimate of drug-likeness (QED) is 0.726. The average Bonchev–Trinajstić information content (AvgIpc) is 2.29. The first kappa shape index (κ1) is 15.9. The molecule has 1 heterocycles. The molecule has 3 heteroatoms. The SMILES string of the molecule is CC(CNCC(C)(C)C(C)C)CN1CCNCC1. The summed E-state index contributed by atoms with van der Waals surface area (Å²) in [6, 6.07) is 0. The number of rotatable bonds is 7. The zero-order valence-electron chi connectivity index (χ0n) is 13.1. The smallest absolute Gasteiger partial charge is 0.0107 e. The van der Waals surface area contributed by atoms with Gasteiger partial charge in [0.15, 0.2) is 0 Å². The lowest BCUT2D eigenvalue weighted by atomic mass is 9.81. The fourth-order valence-electron chi connectivity index (χ4n) is 2.24. The molecule has 1 atom stereocenters. The van der Waals surface area contributed by atoms with Crippen LogP contribution >= 0.6 is 0 Å². The van der Waals surface area contributed by atoms with Crippen LogP contribution < -0.4 is 10.6 Å². The Hall–Kier alpha value is -0.120. The van der Waals surface area contributed by atoms with Crippen LogP contribution in [0.3, 0.4) is 0 Å². The third-order valence-corrected chi connectivity index (χ3v) is 4.42. The van der Waals surface area contributed by atoms with E-state index in [0.29, 0.717) is 5.41 Å². The van der Waals surface area contributed by atoms with E-state index in [-0.39, 0.29) is 0 Å². The van der Waals surface area contributed by atoms with Gasteiger partial charge in [-0.15, -0.1) is 0 Å². The molecule has 18 heavy (non-hydrogen) atoms. The van der Waals surface area contributed by atoms with Crippen molar-refractivity contribution in [2.24, 2.45) is 17.3 Å². The van der Waals surface area contributed by atoms with Crippen LogP contribution in [-0.4, -0.2) is 50.7 Å². The Morgan fingerprint density at radius 3 is 2.33 bits per heavy atom. The summed E-state index contributed by atoms with van der Waals surface area (Å²) >= 11 is 0. The van der Waals surface area contributed by atoms with E-state index >= 15 is 0 Å². The van der Waals surface area contributed by atoms with Gasteiger partial charge in [-0.2, -0.15) is 0 Å². The highest BCUT2D eigenvalue weighted by Crippen LogP contribution is 2.24. The van der Waals surface area contributed by atoms with Gasteiger partial charge in [-0.25, -0.2) is 0 Å². The molecule has 0 aliphatic carbocycles. The van der Waals surface area contributed by atoms with E-state index in [2.05, 4.69) is 50.2 Å². The highest BCUT2D eigenvalue weighted by atomic mass is 15.2. The third kappa shape index (κ3) is 5.68. The fraction of sp³-hybridized carbons (Fsp3) is 1.00. The van der Waals surface area contributed by atoms with Crippen molar-refractivity contribution in [3.8, 4) is 0 Å². The Bertz CT molecular complexity index is 220. The lowest BCUT2D eigenvalue weighted by Crippen LogP contribution is -2.46. The Labute approximate surface area is 114 Å². The molecular weight excluding hydrogens is 222 g/mol. The maximum absolute atomic E-state index is 3.65. The predicted molar refractivity (Wildman–Crippen MR) is 80.0 cm³/mol. The second-order valence-electron chi connectivity index (χ2n) is 6.93. The molecule has 0 aromatic heterocycles. The van der Waals surface area contributed by atoms with Crippen LogP contribution in [0.15, 0.2) is 0 Å². The molecule has 1 aliphatic rings. The zero-order valence-corrected chi connectivity index (χ0v) is 13.1. The van der Waals surface area contributed by atoms with Crippen LogP contribution in [0.25, 0.3) is 0 Å². The molecule has 0 aromatic rings. The van der Waals surface area contributed by atoms with E-state index < -0.39 is 0 Å². The van der Waals surface area contributed by atoms with E-state index in [0.717, 1.165) is 38.0 Å². The van der Waals surface area contributed by atoms with Crippen LogP contribution in [-0.2, 0) is 0 Å². The third-order valence-electron chi connectivity index (χ3n) is 4.42. The van der Waals surface area contributed by atoms with Gasteiger partial charge in [-0.3, -0.25) is 0 Å². The lowest BCUT2D eigenvalue weighted by Gasteiger charge is -2.32. The first-order chi connectivity index (χ1) is 8.42. The van der Waals surface area contributed by atoms with Crippen molar-refractivity contribution in [1.82, 2.24) is 15.5 Å². The van der Waals surface area contributed by atoms with Crippen LogP contribution in [0.5, 0.6) is 0 Å². The van der Waals surface area contributed by atoms with Crippen molar-refractivity contribution < 1.29 is 0 Å². The van der Waals surface area contributed by atoms with E-state index in [1.807, 2.05) is 0 Å². The fourth-order valence-corrected chi connectivity index (χ4v) is 2.24. The van der Waals surface area contributed by atoms with Crippen LogP contribution in [0.4, 0.5) is 0 Å². The molecule has 3 nitrogen and oxygen atoms in total. The zero-order chi connectivity index (χ0) is 13.6. The summed E-state index contributed by atoms with van der Waals surface area (Å²) in [6.45, 7) is 19.9. The molecule has 0 spiro atoms. The highest BCUT2D eigenvalue weighted by molar-refractivity contribution is 4.76. The summed E-state index contributed by atoms with van der Waals surface area (Å²) in [5.74, 6) is 1.47. The molecule has 0 radical (unpaired) electrons. The molecule has 1 unspecified atom stereocenters. The molecule has 1 fully saturated rings. The maximum Gasteiger partial charge on any atom is 0.0107 e. The van der Waals surface area contributed by atoms with Gasteiger partial charge >= 0.3 is 0 Å². The monoisotopic (exact) mass is 255 g/mol. The van der Waals surface area contributed by atoms with Gasteiger partial charge in [0.25, 0.3) is 0 Å². The minimum Gasteiger partial charge on any atom is -0.316 e. The summed E-state index contributed by atoms with van der Waals surface area (Å²) in [6.07, 6.45) is 0. The first-order valence-corrected chi connectivity index (χ1v) is 7.55. The highest BCUT2D eigenvalue weighted by Gasteiger charge is 2.22. The van der Waals surface area contributed by atoms with E-state index in [4.69, 9.17) is 0 Å². The van der Waals surface area contributed by atoms with Gasteiger partial charge in [-0.05, 0) is 23.8 Å². The van der Waals surface area contributed by atoms with Gasteiger partial charge in [0.2, 0.25) is 0 Å². The van der Waals surface area contributed by atoms with Gasteiger partial charge in [0.05, 0.1) is 0 Å². The largest absolute Gasteiger partial charge is 0.316 e. The second kappa shape index (κ2) is 7.46. The molecule has 1 rings (SSSR count). The number of piperazine rings is 1. The molecule has 0 amide bonds. The number of nitrogens with one attached hydrogen (secondary N) is 2.